The molecular weight excluding hydrogens is 297 g/mol. The summed E-state index contributed by atoms with van der Waals surface area (Å²) in [6.45, 7) is 3.64. The van der Waals surface area contributed by atoms with E-state index in [0.717, 1.165) is 17.4 Å². The molecule has 0 amide bonds. The lowest BCUT2D eigenvalue weighted by molar-refractivity contribution is 0.0379. The fraction of sp³-hybridized carbons (Fsp3) is 0.333. The number of benzene rings is 1. The topological polar surface area (TPSA) is 25.8 Å². The molecule has 0 N–H and O–H groups in total. The monoisotopic (exact) mass is 306 g/mol. The summed E-state index contributed by atoms with van der Waals surface area (Å²) in [5.74, 6) is -4.68. The van der Waals surface area contributed by atoms with Crippen LogP contribution in [0.3, 0.4) is 0 Å². The minimum absolute atomic E-state index is 0.00809. The van der Waals surface area contributed by atoms with Crippen LogP contribution in [0, 0.1) is 5.82 Å². The third-order valence-electron chi connectivity index (χ3n) is 2.49. The first-order chi connectivity index (χ1) is 8.84. The van der Waals surface area contributed by atoms with Crippen molar-refractivity contribution in [2.45, 2.75) is 25.7 Å². The lowest BCUT2D eigenvalue weighted by Gasteiger charge is -2.14. The van der Waals surface area contributed by atoms with Crippen LogP contribution in [0.2, 0.25) is 5.02 Å². The van der Waals surface area contributed by atoms with Crippen molar-refractivity contribution < 1.29 is 13.2 Å². The predicted octanol–water partition coefficient (Wildman–Crippen LogP) is 4.59. The van der Waals surface area contributed by atoms with Crippen molar-refractivity contribution in [2.75, 3.05) is 0 Å². The number of rotatable bonds is 3. The van der Waals surface area contributed by atoms with E-state index >= 15 is 0 Å². The van der Waals surface area contributed by atoms with Gasteiger partial charge in [0.05, 0.1) is 10.6 Å². The molecule has 1 aromatic heterocycles. The molecule has 2 nitrogen and oxygen atoms in total. The van der Waals surface area contributed by atoms with E-state index in [-0.39, 0.29) is 10.9 Å². The summed E-state index contributed by atoms with van der Waals surface area (Å²) in [4.78, 5) is 0. The maximum absolute atomic E-state index is 14.2. The van der Waals surface area contributed by atoms with Crippen LogP contribution in [-0.2, 0) is 5.92 Å². The quantitative estimate of drug-likeness (QED) is 0.828. The maximum Gasteiger partial charge on any atom is 0.328 e. The molecule has 0 bridgehead atoms. The zero-order chi connectivity index (χ0) is 14.2. The molecule has 0 atom stereocenters. The van der Waals surface area contributed by atoms with Gasteiger partial charge in [-0.3, -0.25) is 0 Å². The normalized spacial score (nSPS) is 12.2. The van der Waals surface area contributed by atoms with Crippen molar-refractivity contribution in [3.8, 4) is 0 Å². The molecule has 0 spiro atoms. The number of hydrogen-bond acceptors (Lipinski definition) is 3. The van der Waals surface area contributed by atoms with Crippen LogP contribution in [0.1, 0.15) is 35.3 Å². The summed E-state index contributed by atoms with van der Waals surface area (Å²) in [7, 11) is 0. The Balaban J connectivity index is 2.48. The van der Waals surface area contributed by atoms with Gasteiger partial charge in [0.1, 0.15) is 5.01 Å². The summed E-state index contributed by atoms with van der Waals surface area (Å²) in [6, 6.07) is 3.49. The molecule has 1 heterocycles. The third-order valence-corrected chi connectivity index (χ3v) is 4.08. The molecule has 0 saturated carbocycles. The Bertz CT molecular complexity index is 598. The largest absolute Gasteiger partial charge is 0.328 e. The van der Waals surface area contributed by atoms with E-state index in [1.165, 1.54) is 12.1 Å². The Morgan fingerprint density at radius 3 is 2.53 bits per heavy atom. The van der Waals surface area contributed by atoms with Crippen molar-refractivity contribution >= 4 is 22.9 Å². The van der Waals surface area contributed by atoms with Crippen molar-refractivity contribution in [3.05, 3.63) is 44.6 Å². The fourth-order valence-corrected chi connectivity index (χ4v) is 2.47. The zero-order valence-electron chi connectivity index (χ0n) is 10.1. The van der Waals surface area contributed by atoms with Crippen LogP contribution in [0.4, 0.5) is 13.2 Å². The van der Waals surface area contributed by atoms with Gasteiger partial charge in [-0.15, -0.1) is 10.2 Å². The first-order valence-corrected chi connectivity index (χ1v) is 6.69. The molecule has 0 aliphatic rings. The van der Waals surface area contributed by atoms with Gasteiger partial charge >= 0.3 is 5.92 Å². The molecular formula is C12H10ClF3N2S. The van der Waals surface area contributed by atoms with E-state index in [1.807, 2.05) is 13.8 Å². The minimum Gasteiger partial charge on any atom is -0.205 e. The lowest BCUT2D eigenvalue weighted by atomic mass is 10.1. The molecule has 19 heavy (non-hydrogen) atoms. The summed E-state index contributed by atoms with van der Waals surface area (Å²) < 4.78 is 42.1. The maximum atomic E-state index is 14.2. The van der Waals surface area contributed by atoms with E-state index in [1.54, 1.807) is 0 Å². The minimum atomic E-state index is -3.54. The molecule has 0 fully saturated rings. The van der Waals surface area contributed by atoms with Gasteiger partial charge in [-0.2, -0.15) is 8.78 Å². The Hall–Kier alpha value is -1.14. The summed E-state index contributed by atoms with van der Waals surface area (Å²) in [5, 5.41) is 6.77. The second kappa shape index (κ2) is 5.09. The van der Waals surface area contributed by atoms with Crippen LogP contribution in [0.5, 0.6) is 0 Å². The van der Waals surface area contributed by atoms with E-state index in [9.17, 15) is 13.2 Å². The molecule has 0 aliphatic carbocycles. The number of halogens is 4. The summed E-state index contributed by atoms with van der Waals surface area (Å²) >= 11 is 6.30. The highest BCUT2D eigenvalue weighted by Gasteiger charge is 2.41. The second-order valence-electron chi connectivity index (χ2n) is 4.28. The molecule has 0 radical (unpaired) electrons. The summed E-state index contributed by atoms with van der Waals surface area (Å²) in [6.07, 6.45) is 0. The third kappa shape index (κ3) is 2.60. The average molecular weight is 307 g/mol. The Morgan fingerprint density at radius 1 is 1.26 bits per heavy atom. The smallest absolute Gasteiger partial charge is 0.205 e. The fourth-order valence-electron chi connectivity index (χ4n) is 1.46. The van der Waals surface area contributed by atoms with Crippen molar-refractivity contribution in [3.63, 3.8) is 0 Å². The number of alkyl halides is 2. The number of nitrogens with zero attached hydrogens (tertiary/aromatic N) is 2. The van der Waals surface area contributed by atoms with Gasteiger partial charge in [0.15, 0.2) is 10.8 Å². The van der Waals surface area contributed by atoms with Crippen LogP contribution in [0.25, 0.3) is 0 Å². The molecule has 1 aromatic carbocycles. The Kier molecular flexibility index (Phi) is 3.82. The Morgan fingerprint density at radius 2 is 1.95 bits per heavy atom. The Labute approximate surface area is 117 Å². The zero-order valence-corrected chi connectivity index (χ0v) is 11.7. The van der Waals surface area contributed by atoms with Crippen LogP contribution >= 0.6 is 22.9 Å². The highest BCUT2D eigenvalue weighted by atomic mass is 35.5. The predicted molar refractivity (Wildman–Crippen MR) is 68.4 cm³/mol. The molecule has 0 aliphatic heterocycles. The van der Waals surface area contributed by atoms with Gasteiger partial charge in [0.2, 0.25) is 0 Å². The molecule has 2 rings (SSSR count). The van der Waals surface area contributed by atoms with Crippen LogP contribution in [0.15, 0.2) is 18.2 Å². The van der Waals surface area contributed by atoms with Gasteiger partial charge in [-0.25, -0.2) is 4.39 Å². The van der Waals surface area contributed by atoms with Gasteiger partial charge in [-0.1, -0.05) is 42.9 Å². The highest BCUT2D eigenvalue weighted by Crippen LogP contribution is 2.40. The molecule has 0 unspecified atom stereocenters. The van der Waals surface area contributed by atoms with E-state index in [4.69, 9.17) is 11.6 Å². The second-order valence-corrected chi connectivity index (χ2v) is 5.69. The standard InChI is InChI=1S/C12H10ClF3N2S/c1-6(2)10-17-18-11(19-10)12(15,16)7-4-3-5-8(13)9(7)14/h3-6H,1-2H3. The lowest BCUT2D eigenvalue weighted by Crippen LogP contribution is -2.17. The molecule has 7 heteroatoms. The van der Waals surface area contributed by atoms with Gasteiger partial charge in [0.25, 0.3) is 0 Å². The number of hydrogen-bond donors (Lipinski definition) is 0. The van der Waals surface area contributed by atoms with Crippen molar-refractivity contribution in [2.24, 2.45) is 0 Å². The van der Waals surface area contributed by atoms with Gasteiger partial charge < -0.3 is 0 Å². The average Bonchev–Trinajstić information content (AvgIpc) is 2.82. The molecule has 102 valence electrons. The number of aromatic nitrogens is 2. The van der Waals surface area contributed by atoms with E-state index < -0.39 is 22.3 Å². The van der Waals surface area contributed by atoms with Gasteiger partial charge in [0, 0.05) is 5.92 Å². The first kappa shape index (κ1) is 14.3. The molecule has 0 saturated heterocycles. The molecule has 2 aromatic rings. The van der Waals surface area contributed by atoms with Crippen molar-refractivity contribution in [1.82, 2.24) is 10.2 Å². The van der Waals surface area contributed by atoms with E-state index in [2.05, 4.69) is 10.2 Å². The van der Waals surface area contributed by atoms with Crippen LogP contribution in [-0.4, -0.2) is 10.2 Å². The van der Waals surface area contributed by atoms with Crippen molar-refractivity contribution in [1.29, 1.82) is 0 Å². The SMILES string of the molecule is CC(C)c1nnc(C(F)(F)c2cccc(Cl)c2F)s1. The van der Waals surface area contributed by atoms with Gasteiger partial charge in [-0.05, 0) is 12.1 Å². The summed E-state index contributed by atoms with van der Waals surface area (Å²) in [5.41, 5.74) is -0.786. The highest BCUT2D eigenvalue weighted by molar-refractivity contribution is 7.11. The van der Waals surface area contributed by atoms with E-state index in [0.29, 0.717) is 5.01 Å². The first-order valence-electron chi connectivity index (χ1n) is 5.50. The van der Waals surface area contributed by atoms with Crippen LogP contribution < -0.4 is 0 Å².